The fourth-order valence-corrected chi connectivity index (χ4v) is 1.65. The molecule has 23 heavy (non-hydrogen) atoms. The number of phenolic OH excluding ortho intramolecular Hbond substituents is 1. The van der Waals surface area contributed by atoms with E-state index in [-0.39, 0.29) is 17.7 Å². The molecule has 0 unspecified atom stereocenters. The fourth-order valence-electron chi connectivity index (χ4n) is 1.65. The van der Waals surface area contributed by atoms with E-state index in [9.17, 15) is 14.4 Å². The summed E-state index contributed by atoms with van der Waals surface area (Å²) in [5.74, 6) is -2.20. The van der Waals surface area contributed by atoms with E-state index in [0.717, 1.165) is 0 Å². The molecule has 4 N–H and O–H groups in total. The maximum Gasteiger partial charge on any atom is 0.372 e. The van der Waals surface area contributed by atoms with Crippen LogP contribution < -0.4 is 5.56 Å². The lowest BCUT2D eigenvalue weighted by molar-refractivity contribution is -0.148. The summed E-state index contributed by atoms with van der Waals surface area (Å²) in [6, 6.07) is 5.83. The van der Waals surface area contributed by atoms with Crippen LogP contribution in [0.25, 0.3) is 11.0 Å². The molecule has 0 spiro atoms. The van der Waals surface area contributed by atoms with E-state index in [1.165, 1.54) is 36.8 Å². The number of benzene rings is 1. The molecule has 3 rings (SSSR count). The number of hydrogen-bond acceptors (Lipinski definition) is 6. The van der Waals surface area contributed by atoms with Gasteiger partial charge in [0, 0.05) is 6.42 Å². The summed E-state index contributed by atoms with van der Waals surface area (Å²) in [6.07, 6.45) is 2.64. The van der Waals surface area contributed by atoms with Gasteiger partial charge in [0.05, 0.1) is 12.5 Å². The van der Waals surface area contributed by atoms with E-state index in [0.29, 0.717) is 16.6 Å². The number of hydrogen-bond donors (Lipinski definition) is 4. The Labute approximate surface area is 128 Å². The molecular weight excluding hydrogens is 304 g/mol. The van der Waals surface area contributed by atoms with Gasteiger partial charge in [-0.05, 0) is 17.7 Å². The fraction of sp³-hybridized carbons (Fsp3) is 0.0714. The molecule has 9 heteroatoms. The van der Waals surface area contributed by atoms with Gasteiger partial charge in [0.15, 0.2) is 5.65 Å². The van der Waals surface area contributed by atoms with Gasteiger partial charge in [-0.2, -0.15) is 5.10 Å². The van der Waals surface area contributed by atoms with Gasteiger partial charge in [0.2, 0.25) is 5.78 Å². The highest BCUT2D eigenvalue weighted by Gasteiger charge is 2.11. The van der Waals surface area contributed by atoms with Crippen molar-refractivity contribution < 1.29 is 19.8 Å². The maximum absolute atomic E-state index is 10.9. The van der Waals surface area contributed by atoms with Crippen molar-refractivity contribution in [3.63, 3.8) is 0 Å². The van der Waals surface area contributed by atoms with Gasteiger partial charge in [-0.25, -0.2) is 9.78 Å². The molecule has 0 saturated heterocycles. The number of carbonyl (C=O) groups excluding carboxylic acids is 1. The average molecular weight is 316 g/mol. The van der Waals surface area contributed by atoms with Gasteiger partial charge in [0.1, 0.15) is 11.1 Å². The van der Waals surface area contributed by atoms with E-state index in [4.69, 9.17) is 10.2 Å². The molecule has 9 nitrogen and oxygen atoms in total. The van der Waals surface area contributed by atoms with Gasteiger partial charge in [0.25, 0.3) is 5.56 Å². The van der Waals surface area contributed by atoms with Crippen molar-refractivity contribution >= 4 is 22.8 Å². The number of aromatic nitrogens is 4. The highest BCUT2D eigenvalue weighted by molar-refractivity contribution is 6.33. The van der Waals surface area contributed by atoms with Crippen molar-refractivity contribution in [1.82, 2.24) is 20.2 Å². The molecule has 0 aliphatic rings. The Bertz CT molecular complexity index is 882. The minimum absolute atomic E-state index is 0.0894. The smallest absolute Gasteiger partial charge is 0.372 e. The molecule has 2 aromatic heterocycles. The van der Waals surface area contributed by atoms with Crippen LogP contribution in [0.4, 0.5) is 0 Å². The topological polar surface area (TPSA) is 149 Å². The number of aromatic hydroxyl groups is 1. The van der Waals surface area contributed by atoms with Crippen molar-refractivity contribution in [3.8, 4) is 5.75 Å². The molecule has 0 fully saturated rings. The predicted molar refractivity (Wildman–Crippen MR) is 79.0 cm³/mol. The van der Waals surface area contributed by atoms with Crippen LogP contribution in [0.5, 0.6) is 5.75 Å². The van der Waals surface area contributed by atoms with Crippen LogP contribution in [-0.4, -0.2) is 42.1 Å². The predicted octanol–water partition coefficient (Wildman–Crippen LogP) is 0.235. The normalized spacial score (nSPS) is 9.91. The zero-order valence-corrected chi connectivity index (χ0v) is 11.7. The van der Waals surface area contributed by atoms with Crippen LogP contribution in [0.15, 0.2) is 41.6 Å². The van der Waals surface area contributed by atoms with Crippen LogP contribution in [0.3, 0.4) is 0 Å². The minimum Gasteiger partial charge on any atom is -0.508 e. The summed E-state index contributed by atoms with van der Waals surface area (Å²) < 4.78 is 0. The summed E-state index contributed by atoms with van der Waals surface area (Å²) >= 11 is 0. The van der Waals surface area contributed by atoms with Crippen molar-refractivity contribution in [2.75, 3.05) is 0 Å². The van der Waals surface area contributed by atoms with Gasteiger partial charge in [-0.15, -0.1) is 0 Å². The molecule has 2 heterocycles. The largest absolute Gasteiger partial charge is 0.508 e. The summed E-state index contributed by atoms with van der Waals surface area (Å²) in [6.45, 7) is 0. The Balaban J connectivity index is 0.000000172. The van der Waals surface area contributed by atoms with Crippen LogP contribution >= 0.6 is 0 Å². The lowest BCUT2D eigenvalue weighted by atomic mass is 10.1. The zero-order valence-electron chi connectivity index (χ0n) is 11.7. The number of H-pyrrole nitrogens is 2. The van der Waals surface area contributed by atoms with Gasteiger partial charge in [-0.1, -0.05) is 12.1 Å². The lowest BCUT2D eigenvalue weighted by Gasteiger charge is -1.97. The number of carboxylic acid groups (broad SMARTS) is 1. The molecule has 0 bridgehead atoms. The molecule has 0 saturated carbocycles. The number of aromatic amines is 2. The molecule has 1 aromatic carbocycles. The number of carboxylic acids is 1. The third-order valence-corrected chi connectivity index (χ3v) is 2.79. The highest BCUT2D eigenvalue weighted by atomic mass is 16.4. The Kier molecular flexibility index (Phi) is 4.82. The zero-order chi connectivity index (χ0) is 16.8. The first-order chi connectivity index (χ1) is 11.0. The number of rotatable bonds is 3. The molecule has 0 atom stereocenters. The number of aliphatic carboxylic acids is 1. The minimum atomic E-state index is -1.44. The molecule has 3 aromatic rings. The molecule has 118 valence electrons. The van der Waals surface area contributed by atoms with Crippen molar-refractivity contribution in [3.05, 3.63) is 52.7 Å². The Hall–Kier alpha value is -3.49. The number of Topliss-reactive ketones (excluding diaryl/α,β-unsaturated/α-hetero) is 1. The third-order valence-electron chi connectivity index (χ3n) is 2.79. The van der Waals surface area contributed by atoms with Crippen molar-refractivity contribution in [2.45, 2.75) is 6.42 Å². The second kappa shape index (κ2) is 6.98. The number of fused-ring (bicyclic) bond motifs is 1. The first-order valence-corrected chi connectivity index (χ1v) is 6.38. The average Bonchev–Trinajstić information content (AvgIpc) is 3.00. The van der Waals surface area contributed by atoms with Gasteiger partial charge in [-0.3, -0.25) is 14.7 Å². The highest BCUT2D eigenvalue weighted by Crippen LogP contribution is 2.10. The summed E-state index contributed by atoms with van der Waals surface area (Å²) in [7, 11) is 0. The van der Waals surface area contributed by atoms with E-state index in [1.54, 1.807) is 0 Å². The molecule has 0 radical (unpaired) electrons. The van der Waals surface area contributed by atoms with E-state index in [1.807, 2.05) is 0 Å². The van der Waals surface area contributed by atoms with Gasteiger partial charge < -0.3 is 15.2 Å². The number of carbonyl (C=O) groups is 2. The third kappa shape index (κ3) is 4.24. The molecule has 0 aliphatic carbocycles. The summed E-state index contributed by atoms with van der Waals surface area (Å²) in [5.41, 5.74) is 0.924. The first kappa shape index (κ1) is 15.9. The summed E-state index contributed by atoms with van der Waals surface area (Å²) in [4.78, 5) is 38.1. The quantitative estimate of drug-likeness (QED) is 0.505. The number of ketones is 1. The van der Waals surface area contributed by atoms with E-state index in [2.05, 4.69) is 20.2 Å². The van der Waals surface area contributed by atoms with Crippen LogP contribution in [-0.2, 0) is 16.0 Å². The van der Waals surface area contributed by atoms with Crippen LogP contribution in [0, 0.1) is 0 Å². The summed E-state index contributed by atoms with van der Waals surface area (Å²) in [5, 5.41) is 23.9. The van der Waals surface area contributed by atoms with Gasteiger partial charge >= 0.3 is 5.97 Å². The Morgan fingerprint density at radius 1 is 1.17 bits per heavy atom. The Morgan fingerprint density at radius 2 is 1.87 bits per heavy atom. The van der Waals surface area contributed by atoms with Crippen molar-refractivity contribution in [1.29, 1.82) is 0 Å². The Morgan fingerprint density at radius 3 is 2.48 bits per heavy atom. The standard InChI is InChI=1S/C9H8O4.C5H4N4O/c10-7-3-1-6(2-4-7)5-8(11)9(12)13;10-5-3-1-8-9-4(3)6-2-7-5/h1-4,10H,5H2,(H,12,13);1-2H,(H2,6,7,8,9,10). The second-order valence-corrected chi connectivity index (χ2v) is 4.44. The molecular formula is C14H12N4O5. The number of phenols is 1. The first-order valence-electron chi connectivity index (χ1n) is 6.38. The maximum atomic E-state index is 10.9. The molecule has 0 amide bonds. The number of nitrogens with one attached hydrogen (secondary N) is 2. The monoisotopic (exact) mass is 316 g/mol. The van der Waals surface area contributed by atoms with E-state index < -0.39 is 11.8 Å². The molecule has 0 aliphatic heterocycles. The SMILES string of the molecule is O=C(O)C(=O)Cc1ccc(O)cc1.O=c1[nH]cnc2[nH]ncc12. The van der Waals surface area contributed by atoms with Crippen LogP contribution in [0.2, 0.25) is 0 Å². The van der Waals surface area contributed by atoms with E-state index >= 15 is 0 Å². The van der Waals surface area contributed by atoms with Crippen molar-refractivity contribution in [2.24, 2.45) is 0 Å². The second-order valence-electron chi connectivity index (χ2n) is 4.44. The lowest BCUT2D eigenvalue weighted by Crippen LogP contribution is -2.14. The van der Waals surface area contributed by atoms with Crippen LogP contribution in [0.1, 0.15) is 5.56 Å². The number of nitrogens with zero attached hydrogens (tertiary/aromatic N) is 2.